The molecule has 1 saturated heterocycles. The molecular formula is C19H24N4O4. The van der Waals surface area contributed by atoms with E-state index in [0.29, 0.717) is 26.1 Å². The van der Waals surface area contributed by atoms with Gasteiger partial charge in [-0.15, -0.1) is 0 Å². The lowest BCUT2D eigenvalue weighted by Crippen LogP contribution is -2.42. The number of nitrogens with zero attached hydrogens (tertiary/aromatic N) is 2. The molecule has 1 aromatic heterocycles. The number of methoxy groups -OCH3 is 1. The Morgan fingerprint density at radius 3 is 2.85 bits per heavy atom. The molecule has 2 atom stereocenters. The Balaban J connectivity index is 1.73. The van der Waals surface area contributed by atoms with Crippen molar-refractivity contribution in [2.75, 3.05) is 20.2 Å². The summed E-state index contributed by atoms with van der Waals surface area (Å²) in [5.41, 5.74) is 1.23. The number of amides is 2. The number of carbonyl (C=O) groups excluding carboxylic acids is 2. The number of benzene rings is 1. The molecule has 0 spiro atoms. The largest absolute Gasteiger partial charge is 0.496 e. The lowest BCUT2D eigenvalue weighted by atomic mass is 10.1. The lowest BCUT2D eigenvalue weighted by molar-refractivity contribution is -0.125. The quantitative estimate of drug-likeness (QED) is 0.758. The second-order valence-electron chi connectivity index (χ2n) is 6.44. The van der Waals surface area contributed by atoms with Gasteiger partial charge in [0.25, 0.3) is 5.91 Å². The molecule has 1 aliphatic rings. The summed E-state index contributed by atoms with van der Waals surface area (Å²) < 4.78 is 10.1. The van der Waals surface area contributed by atoms with Crippen LogP contribution in [0, 0.1) is 0 Å². The van der Waals surface area contributed by atoms with Crippen LogP contribution in [0.4, 0.5) is 0 Å². The maximum absolute atomic E-state index is 12.5. The highest BCUT2D eigenvalue weighted by atomic mass is 16.5. The van der Waals surface area contributed by atoms with Crippen LogP contribution in [0.1, 0.15) is 29.4 Å². The number of nitrogens with one attached hydrogen (secondary N) is 2. The molecule has 27 heavy (non-hydrogen) atoms. The van der Waals surface area contributed by atoms with Crippen molar-refractivity contribution in [1.29, 1.82) is 0 Å². The van der Waals surface area contributed by atoms with Crippen molar-refractivity contribution in [3.05, 3.63) is 47.9 Å². The van der Waals surface area contributed by atoms with Crippen molar-refractivity contribution < 1.29 is 18.8 Å². The standard InChI is InChI=1S/C19H24N4O4/c1-3-20-19(25)16-10-14(21-18(24)15-8-9-27-22-15)12-23(16)11-13-6-4-5-7-17(13)26-2/h4-9,14,16H,3,10-12H2,1-2H3,(H,20,25)(H,21,24)/t14-,16+/m1/s1. The van der Waals surface area contributed by atoms with Crippen LogP contribution in [0.2, 0.25) is 0 Å². The molecule has 0 saturated carbocycles. The summed E-state index contributed by atoms with van der Waals surface area (Å²) >= 11 is 0. The van der Waals surface area contributed by atoms with Crippen LogP contribution in [0.25, 0.3) is 0 Å². The van der Waals surface area contributed by atoms with Gasteiger partial charge in [-0.05, 0) is 19.4 Å². The van der Waals surface area contributed by atoms with E-state index in [0.717, 1.165) is 11.3 Å². The third kappa shape index (κ3) is 4.46. The summed E-state index contributed by atoms with van der Waals surface area (Å²) in [5.74, 6) is 0.440. The summed E-state index contributed by atoms with van der Waals surface area (Å²) in [6.07, 6.45) is 1.89. The Bertz CT molecular complexity index is 778. The maximum Gasteiger partial charge on any atom is 0.273 e. The molecule has 2 N–H and O–H groups in total. The van der Waals surface area contributed by atoms with E-state index in [9.17, 15) is 9.59 Å². The van der Waals surface area contributed by atoms with Crippen LogP contribution >= 0.6 is 0 Å². The molecule has 0 unspecified atom stereocenters. The number of hydrogen-bond donors (Lipinski definition) is 2. The van der Waals surface area contributed by atoms with Crippen molar-refractivity contribution in [1.82, 2.24) is 20.7 Å². The van der Waals surface area contributed by atoms with Crippen molar-refractivity contribution in [3.8, 4) is 5.75 Å². The van der Waals surface area contributed by atoms with Crippen LogP contribution in [0.3, 0.4) is 0 Å². The molecule has 8 nitrogen and oxygen atoms in total. The number of aromatic nitrogens is 1. The molecule has 2 heterocycles. The van der Waals surface area contributed by atoms with Crippen molar-refractivity contribution >= 4 is 11.8 Å². The SMILES string of the molecule is CCNC(=O)[C@@H]1C[C@@H](NC(=O)c2ccon2)CN1Cc1ccccc1OC. The maximum atomic E-state index is 12.5. The van der Waals surface area contributed by atoms with Gasteiger partial charge >= 0.3 is 0 Å². The Morgan fingerprint density at radius 1 is 1.33 bits per heavy atom. The third-order valence-electron chi connectivity index (χ3n) is 4.63. The molecule has 8 heteroatoms. The van der Waals surface area contributed by atoms with Gasteiger partial charge in [-0.25, -0.2) is 0 Å². The zero-order valence-electron chi connectivity index (χ0n) is 15.5. The summed E-state index contributed by atoms with van der Waals surface area (Å²) in [5, 5.41) is 9.47. The average Bonchev–Trinajstić information content (AvgIpc) is 3.32. The van der Waals surface area contributed by atoms with Gasteiger partial charge in [0.2, 0.25) is 5.91 Å². The summed E-state index contributed by atoms with van der Waals surface area (Å²) in [6.45, 7) is 3.57. The molecule has 1 fully saturated rings. The number of ether oxygens (including phenoxy) is 1. The molecule has 0 radical (unpaired) electrons. The summed E-state index contributed by atoms with van der Waals surface area (Å²) in [7, 11) is 1.63. The van der Waals surface area contributed by atoms with Crippen molar-refractivity contribution in [2.45, 2.75) is 32.0 Å². The number of para-hydroxylation sites is 1. The molecule has 2 aromatic rings. The van der Waals surface area contributed by atoms with Crippen LogP contribution in [-0.2, 0) is 11.3 Å². The highest BCUT2D eigenvalue weighted by Gasteiger charge is 2.37. The molecular weight excluding hydrogens is 348 g/mol. The van der Waals surface area contributed by atoms with Crippen LogP contribution in [0.15, 0.2) is 41.1 Å². The molecule has 2 amide bonds. The second-order valence-corrected chi connectivity index (χ2v) is 6.44. The predicted molar refractivity (Wildman–Crippen MR) is 98.2 cm³/mol. The van der Waals surface area contributed by atoms with E-state index in [1.807, 2.05) is 31.2 Å². The summed E-state index contributed by atoms with van der Waals surface area (Å²) in [4.78, 5) is 26.9. The second kappa shape index (κ2) is 8.68. The zero-order valence-corrected chi connectivity index (χ0v) is 15.5. The highest BCUT2D eigenvalue weighted by molar-refractivity contribution is 5.92. The number of carbonyl (C=O) groups is 2. The molecule has 1 aromatic carbocycles. The molecule has 3 rings (SSSR count). The Morgan fingerprint density at radius 2 is 2.15 bits per heavy atom. The van der Waals surface area contributed by atoms with E-state index in [-0.39, 0.29) is 29.6 Å². The van der Waals surface area contributed by atoms with Crippen LogP contribution in [-0.4, -0.2) is 54.2 Å². The number of rotatable bonds is 7. The fourth-order valence-corrected chi connectivity index (χ4v) is 3.39. The monoisotopic (exact) mass is 372 g/mol. The number of likely N-dealkylation sites (tertiary alicyclic amines) is 1. The Hall–Kier alpha value is -2.87. The van der Waals surface area contributed by atoms with Gasteiger partial charge in [-0.1, -0.05) is 23.4 Å². The van der Waals surface area contributed by atoms with E-state index in [2.05, 4.69) is 20.7 Å². The van der Waals surface area contributed by atoms with Crippen molar-refractivity contribution in [3.63, 3.8) is 0 Å². The van der Waals surface area contributed by atoms with E-state index < -0.39 is 0 Å². The highest BCUT2D eigenvalue weighted by Crippen LogP contribution is 2.25. The first-order valence-electron chi connectivity index (χ1n) is 8.97. The van der Waals surface area contributed by atoms with Gasteiger partial charge in [-0.2, -0.15) is 0 Å². The topological polar surface area (TPSA) is 96.7 Å². The van der Waals surface area contributed by atoms with E-state index in [1.54, 1.807) is 7.11 Å². The van der Waals surface area contributed by atoms with Gasteiger partial charge in [0, 0.05) is 37.3 Å². The normalized spacial score (nSPS) is 19.6. The Kier molecular flexibility index (Phi) is 6.08. The van der Waals surface area contributed by atoms with E-state index >= 15 is 0 Å². The van der Waals surface area contributed by atoms with Gasteiger partial charge in [0.05, 0.1) is 13.2 Å². The first kappa shape index (κ1) is 18.9. The van der Waals surface area contributed by atoms with E-state index in [1.165, 1.54) is 12.3 Å². The fraction of sp³-hybridized carbons (Fsp3) is 0.421. The first-order chi connectivity index (χ1) is 13.1. The first-order valence-corrected chi connectivity index (χ1v) is 8.97. The molecule has 0 bridgehead atoms. The van der Waals surface area contributed by atoms with Crippen LogP contribution in [0.5, 0.6) is 5.75 Å². The zero-order chi connectivity index (χ0) is 19.2. The van der Waals surface area contributed by atoms with Crippen LogP contribution < -0.4 is 15.4 Å². The van der Waals surface area contributed by atoms with Gasteiger partial charge in [0.15, 0.2) is 5.69 Å². The predicted octanol–water partition coefficient (Wildman–Crippen LogP) is 1.19. The van der Waals surface area contributed by atoms with E-state index in [4.69, 9.17) is 9.26 Å². The van der Waals surface area contributed by atoms with Gasteiger partial charge < -0.3 is 19.9 Å². The Labute approximate surface area is 157 Å². The minimum absolute atomic E-state index is 0.0365. The minimum atomic E-state index is -0.322. The fourth-order valence-electron chi connectivity index (χ4n) is 3.39. The van der Waals surface area contributed by atoms with Gasteiger partial charge in [0.1, 0.15) is 12.0 Å². The molecule has 0 aliphatic carbocycles. The average molecular weight is 372 g/mol. The smallest absolute Gasteiger partial charge is 0.273 e. The lowest BCUT2D eigenvalue weighted by Gasteiger charge is -2.24. The summed E-state index contributed by atoms with van der Waals surface area (Å²) in [6, 6.07) is 8.77. The molecule has 144 valence electrons. The minimum Gasteiger partial charge on any atom is -0.496 e. The van der Waals surface area contributed by atoms with Gasteiger partial charge in [-0.3, -0.25) is 14.5 Å². The number of likely N-dealkylation sites (N-methyl/N-ethyl adjacent to an activating group) is 1. The van der Waals surface area contributed by atoms with Crippen molar-refractivity contribution in [2.24, 2.45) is 0 Å². The third-order valence-corrected chi connectivity index (χ3v) is 4.63. The number of hydrogen-bond acceptors (Lipinski definition) is 6. The molecule has 1 aliphatic heterocycles.